The average Bonchev–Trinajstić information content (AvgIpc) is 2.30. The molecule has 0 heterocycles. The van der Waals surface area contributed by atoms with Gasteiger partial charge in [-0.1, -0.05) is 43.2 Å². The van der Waals surface area contributed by atoms with Gasteiger partial charge in [-0.2, -0.15) is 11.8 Å². The van der Waals surface area contributed by atoms with Crippen LogP contribution in [0.15, 0.2) is 30.3 Å². The van der Waals surface area contributed by atoms with Gasteiger partial charge in [-0.25, -0.2) is 0 Å². The molecule has 2 unspecified atom stereocenters. The minimum Gasteiger partial charge on any atom is -0.161 e. The molecule has 2 atom stereocenters. The Balaban J connectivity index is 2.15. The van der Waals surface area contributed by atoms with Crippen LogP contribution in [0.25, 0.3) is 0 Å². The molecule has 0 N–H and O–H groups in total. The molecule has 1 heteroatoms. The average molecular weight is 206 g/mol. The van der Waals surface area contributed by atoms with Crippen molar-refractivity contribution in [2.45, 2.75) is 36.9 Å². The second-order valence-electron chi connectivity index (χ2n) is 4.08. The van der Waals surface area contributed by atoms with Crippen molar-refractivity contribution in [3.63, 3.8) is 0 Å². The Morgan fingerprint density at radius 1 is 1.07 bits per heavy atom. The van der Waals surface area contributed by atoms with Gasteiger partial charge in [0, 0.05) is 5.25 Å². The molecule has 1 aliphatic carbocycles. The minimum absolute atomic E-state index is 0.806. The smallest absolute Gasteiger partial charge is 0.0113 e. The van der Waals surface area contributed by atoms with Crippen LogP contribution in [0.1, 0.15) is 37.2 Å². The third-order valence-electron chi connectivity index (χ3n) is 3.23. The van der Waals surface area contributed by atoms with Crippen LogP contribution in [-0.4, -0.2) is 11.5 Å². The fraction of sp³-hybridized carbons (Fsp3) is 0.538. The zero-order valence-electron chi connectivity index (χ0n) is 8.78. The van der Waals surface area contributed by atoms with Gasteiger partial charge in [0.1, 0.15) is 0 Å². The van der Waals surface area contributed by atoms with Gasteiger partial charge in [-0.05, 0) is 30.6 Å². The molecule has 0 radical (unpaired) electrons. The van der Waals surface area contributed by atoms with E-state index >= 15 is 0 Å². The molecule has 1 fully saturated rings. The third-order valence-corrected chi connectivity index (χ3v) is 4.40. The van der Waals surface area contributed by atoms with Crippen molar-refractivity contribution >= 4 is 11.8 Å². The number of hydrogen-bond donors (Lipinski definition) is 0. The highest BCUT2D eigenvalue weighted by Gasteiger charge is 2.25. The van der Waals surface area contributed by atoms with Crippen LogP contribution in [0.4, 0.5) is 0 Å². The summed E-state index contributed by atoms with van der Waals surface area (Å²) >= 11 is 2.05. The Morgan fingerprint density at radius 3 is 2.50 bits per heavy atom. The van der Waals surface area contributed by atoms with Crippen molar-refractivity contribution in [1.82, 2.24) is 0 Å². The van der Waals surface area contributed by atoms with Crippen LogP contribution in [0.5, 0.6) is 0 Å². The molecule has 76 valence electrons. The highest BCUT2D eigenvalue weighted by atomic mass is 32.2. The van der Waals surface area contributed by atoms with Gasteiger partial charge in [0.2, 0.25) is 0 Å². The predicted molar refractivity (Wildman–Crippen MR) is 65.0 cm³/mol. The maximum absolute atomic E-state index is 2.29. The molecular formula is C13H18S. The van der Waals surface area contributed by atoms with Gasteiger partial charge in [0.25, 0.3) is 0 Å². The maximum Gasteiger partial charge on any atom is 0.0113 e. The molecular weight excluding hydrogens is 188 g/mol. The molecule has 0 bridgehead atoms. The Hall–Kier alpha value is -0.430. The second-order valence-corrected chi connectivity index (χ2v) is 5.15. The van der Waals surface area contributed by atoms with Crippen LogP contribution in [0.3, 0.4) is 0 Å². The summed E-state index contributed by atoms with van der Waals surface area (Å²) in [6.07, 6.45) is 7.88. The van der Waals surface area contributed by atoms with Crippen LogP contribution in [0, 0.1) is 0 Å². The predicted octanol–water partition coefficient (Wildman–Crippen LogP) is 4.08. The summed E-state index contributed by atoms with van der Waals surface area (Å²) in [5.74, 6) is 0.806. The molecule has 1 aromatic rings. The first-order valence-corrected chi connectivity index (χ1v) is 6.78. The Labute approximate surface area is 91.1 Å². The molecule has 2 rings (SSSR count). The zero-order valence-corrected chi connectivity index (χ0v) is 9.59. The molecule has 1 aromatic carbocycles. The van der Waals surface area contributed by atoms with Gasteiger partial charge in [-0.3, -0.25) is 0 Å². The number of rotatable bonds is 2. The Bertz CT molecular complexity index is 268. The van der Waals surface area contributed by atoms with Crippen LogP contribution in [0.2, 0.25) is 0 Å². The van der Waals surface area contributed by atoms with E-state index in [0.29, 0.717) is 0 Å². The molecule has 0 saturated heterocycles. The summed E-state index contributed by atoms with van der Waals surface area (Å²) in [6, 6.07) is 11.0. The summed E-state index contributed by atoms with van der Waals surface area (Å²) in [4.78, 5) is 0. The summed E-state index contributed by atoms with van der Waals surface area (Å²) in [5.41, 5.74) is 1.55. The maximum atomic E-state index is 2.29. The molecule has 14 heavy (non-hydrogen) atoms. The Kier molecular flexibility index (Phi) is 3.52. The Morgan fingerprint density at radius 2 is 1.79 bits per heavy atom. The van der Waals surface area contributed by atoms with Crippen LogP contribution in [-0.2, 0) is 0 Å². The second kappa shape index (κ2) is 4.88. The number of hydrogen-bond acceptors (Lipinski definition) is 1. The lowest BCUT2D eigenvalue weighted by Crippen LogP contribution is -2.19. The zero-order chi connectivity index (χ0) is 9.80. The lowest BCUT2D eigenvalue weighted by Gasteiger charge is -2.30. The fourth-order valence-corrected chi connectivity index (χ4v) is 3.48. The standard InChI is InChI=1S/C13H18S/c1-14-13-10-6-5-9-12(13)11-7-3-2-4-8-11/h2-4,7-8,12-13H,5-6,9-10H2,1H3. The highest BCUT2D eigenvalue weighted by Crippen LogP contribution is 2.38. The molecule has 0 amide bonds. The van der Waals surface area contributed by atoms with E-state index in [1.165, 1.54) is 25.7 Å². The summed E-state index contributed by atoms with van der Waals surface area (Å²) in [5, 5.41) is 0.853. The summed E-state index contributed by atoms with van der Waals surface area (Å²) in [7, 11) is 0. The summed E-state index contributed by atoms with van der Waals surface area (Å²) in [6.45, 7) is 0. The van der Waals surface area contributed by atoms with E-state index in [2.05, 4.69) is 36.6 Å². The van der Waals surface area contributed by atoms with Gasteiger partial charge >= 0.3 is 0 Å². The fourth-order valence-electron chi connectivity index (χ4n) is 2.46. The number of benzene rings is 1. The highest BCUT2D eigenvalue weighted by molar-refractivity contribution is 7.99. The first-order chi connectivity index (χ1) is 6.92. The van der Waals surface area contributed by atoms with Gasteiger partial charge in [0.15, 0.2) is 0 Å². The van der Waals surface area contributed by atoms with Crippen molar-refractivity contribution in [3.8, 4) is 0 Å². The van der Waals surface area contributed by atoms with Gasteiger partial charge in [-0.15, -0.1) is 0 Å². The van der Waals surface area contributed by atoms with E-state index in [9.17, 15) is 0 Å². The third kappa shape index (κ3) is 2.14. The first kappa shape index (κ1) is 10.1. The van der Waals surface area contributed by atoms with E-state index in [1.54, 1.807) is 5.56 Å². The van der Waals surface area contributed by atoms with Gasteiger partial charge < -0.3 is 0 Å². The topological polar surface area (TPSA) is 0 Å². The van der Waals surface area contributed by atoms with Crippen molar-refractivity contribution < 1.29 is 0 Å². The van der Waals surface area contributed by atoms with Crippen molar-refractivity contribution in [2.24, 2.45) is 0 Å². The molecule has 0 nitrogen and oxygen atoms in total. The van der Waals surface area contributed by atoms with E-state index in [-0.39, 0.29) is 0 Å². The lowest BCUT2D eigenvalue weighted by molar-refractivity contribution is 0.456. The molecule has 0 aromatic heterocycles. The largest absolute Gasteiger partial charge is 0.161 e. The van der Waals surface area contributed by atoms with E-state index in [4.69, 9.17) is 0 Å². The molecule has 0 aliphatic heterocycles. The quantitative estimate of drug-likeness (QED) is 0.702. The minimum atomic E-state index is 0.806. The molecule has 1 saturated carbocycles. The normalized spacial score (nSPS) is 27.5. The van der Waals surface area contributed by atoms with Crippen molar-refractivity contribution in [3.05, 3.63) is 35.9 Å². The van der Waals surface area contributed by atoms with Crippen LogP contribution < -0.4 is 0 Å². The van der Waals surface area contributed by atoms with Crippen LogP contribution >= 0.6 is 11.8 Å². The monoisotopic (exact) mass is 206 g/mol. The van der Waals surface area contributed by atoms with E-state index < -0.39 is 0 Å². The van der Waals surface area contributed by atoms with Gasteiger partial charge in [0.05, 0.1) is 0 Å². The molecule has 1 aliphatic rings. The lowest BCUT2D eigenvalue weighted by atomic mass is 9.83. The van der Waals surface area contributed by atoms with E-state index in [1.807, 2.05) is 11.8 Å². The number of thioether (sulfide) groups is 1. The van der Waals surface area contributed by atoms with Crippen molar-refractivity contribution in [2.75, 3.05) is 6.26 Å². The summed E-state index contributed by atoms with van der Waals surface area (Å²) < 4.78 is 0. The first-order valence-electron chi connectivity index (χ1n) is 5.49. The van der Waals surface area contributed by atoms with Crippen molar-refractivity contribution in [1.29, 1.82) is 0 Å². The molecule has 0 spiro atoms. The SMILES string of the molecule is CSC1CCCCC1c1ccccc1. The van der Waals surface area contributed by atoms with E-state index in [0.717, 1.165) is 11.2 Å².